The Labute approximate surface area is 164 Å². The minimum Gasteiger partial charge on any atom is -0.454 e. The Bertz CT molecular complexity index is 971. The number of amides is 2. The van der Waals surface area contributed by atoms with E-state index in [0.29, 0.717) is 22.7 Å². The highest BCUT2D eigenvalue weighted by atomic mass is 19.4. The second-order valence-electron chi connectivity index (χ2n) is 6.26. The van der Waals surface area contributed by atoms with E-state index in [-0.39, 0.29) is 12.4 Å². The zero-order chi connectivity index (χ0) is 21.0. The number of anilines is 1. The third-order valence-corrected chi connectivity index (χ3v) is 4.03. The molecule has 0 saturated heterocycles. The molecule has 0 bridgehead atoms. The standard InChI is InChI=1S/C20H17F3N2O4/c1-12-2-5-14(19(27)24-10-20(21,22)23)9-15(12)25-18(26)7-4-13-3-6-16-17(8-13)29-11-28-16/h2-9H,10-11H2,1H3,(H,24,27)(H,25,26)/b7-4+. The minimum atomic E-state index is -4.50. The van der Waals surface area contributed by atoms with Crippen LogP contribution in [0.5, 0.6) is 11.5 Å². The molecule has 1 heterocycles. The normalized spacial score (nSPS) is 12.8. The molecule has 2 aromatic rings. The van der Waals surface area contributed by atoms with Crippen molar-refractivity contribution in [1.29, 1.82) is 0 Å². The van der Waals surface area contributed by atoms with Crippen LogP contribution < -0.4 is 20.1 Å². The topological polar surface area (TPSA) is 76.7 Å². The summed E-state index contributed by atoms with van der Waals surface area (Å²) in [6.07, 6.45) is -1.63. The van der Waals surface area contributed by atoms with Gasteiger partial charge in [0.1, 0.15) is 6.54 Å². The van der Waals surface area contributed by atoms with Crippen LogP contribution in [0.4, 0.5) is 18.9 Å². The molecule has 0 aromatic heterocycles. The lowest BCUT2D eigenvalue weighted by molar-refractivity contribution is -0.123. The van der Waals surface area contributed by atoms with Crippen LogP contribution in [0.25, 0.3) is 6.08 Å². The fraction of sp³-hybridized carbons (Fsp3) is 0.200. The number of halogens is 3. The molecule has 6 nitrogen and oxygen atoms in total. The van der Waals surface area contributed by atoms with Gasteiger partial charge in [0, 0.05) is 17.3 Å². The van der Waals surface area contributed by atoms with E-state index in [2.05, 4.69) is 5.32 Å². The van der Waals surface area contributed by atoms with Crippen LogP contribution >= 0.6 is 0 Å². The van der Waals surface area contributed by atoms with Gasteiger partial charge in [0.25, 0.3) is 5.91 Å². The molecular formula is C20H17F3N2O4. The number of aryl methyl sites for hydroxylation is 1. The molecule has 3 rings (SSSR count). The molecule has 2 aromatic carbocycles. The molecular weight excluding hydrogens is 389 g/mol. The summed E-state index contributed by atoms with van der Waals surface area (Å²) in [5.74, 6) is -0.129. The van der Waals surface area contributed by atoms with Crippen LogP contribution in [0, 0.1) is 6.92 Å². The van der Waals surface area contributed by atoms with Crippen LogP contribution in [-0.2, 0) is 4.79 Å². The minimum absolute atomic E-state index is 0.00917. The highest BCUT2D eigenvalue weighted by Gasteiger charge is 2.28. The highest BCUT2D eigenvalue weighted by Crippen LogP contribution is 2.32. The molecule has 0 saturated carbocycles. The molecule has 1 aliphatic rings. The van der Waals surface area contributed by atoms with Crippen molar-refractivity contribution in [3.63, 3.8) is 0 Å². The van der Waals surface area contributed by atoms with Gasteiger partial charge in [-0.1, -0.05) is 12.1 Å². The third-order valence-electron chi connectivity index (χ3n) is 4.03. The van der Waals surface area contributed by atoms with Gasteiger partial charge >= 0.3 is 6.18 Å². The lowest BCUT2D eigenvalue weighted by Gasteiger charge is -2.11. The zero-order valence-electron chi connectivity index (χ0n) is 15.3. The van der Waals surface area contributed by atoms with Gasteiger partial charge in [0.15, 0.2) is 11.5 Å². The van der Waals surface area contributed by atoms with Crippen molar-refractivity contribution in [3.05, 3.63) is 59.2 Å². The highest BCUT2D eigenvalue weighted by molar-refractivity contribution is 6.03. The molecule has 9 heteroatoms. The third kappa shape index (κ3) is 5.50. The van der Waals surface area contributed by atoms with E-state index in [9.17, 15) is 22.8 Å². The summed E-state index contributed by atoms with van der Waals surface area (Å²) in [6.45, 7) is 0.420. The largest absolute Gasteiger partial charge is 0.454 e. The van der Waals surface area contributed by atoms with Crippen LogP contribution in [0.15, 0.2) is 42.5 Å². The summed E-state index contributed by atoms with van der Waals surface area (Å²) >= 11 is 0. The molecule has 2 N–H and O–H groups in total. The van der Waals surface area contributed by atoms with Crippen molar-refractivity contribution in [1.82, 2.24) is 5.32 Å². The van der Waals surface area contributed by atoms with Gasteiger partial charge in [-0.05, 0) is 48.4 Å². The first-order valence-corrected chi connectivity index (χ1v) is 8.55. The molecule has 2 amide bonds. The van der Waals surface area contributed by atoms with Gasteiger partial charge in [-0.25, -0.2) is 0 Å². The summed E-state index contributed by atoms with van der Waals surface area (Å²) in [7, 11) is 0. The Morgan fingerprint density at radius 1 is 1.10 bits per heavy atom. The predicted octanol–water partition coefficient (Wildman–Crippen LogP) is 3.67. The number of nitrogens with one attached hydrogen (secondary N) is 2. The quantitative estimate of drug-likeness (QED) is 0.743. The summed E-state index contributed by atoms with van der Waals surface area (Å²) in [6, 6.07) is 9.47. The van der Waals surface area contributed by atoms with Gasteiger partial charge in [0.2, 0.25) is 12.7 Å². The molecule has 0 spiro atoms. The van der Waals surface area contributed by atoms with Gasteiger partial charge < -0.3 is 20.1 Å². The summed E-state index contributed by atoms with van der Waals surface area (Å²) in [4.78, 5) is 24.1. The van der Waals surface area contributed by atoms with Crippen LogP contribution in [-0.4, -0.2) is 31.3 Å². The number of alkyl halides is 3. The predicted molar refractivity (Wildman–Crippen MR) is 99.8 cm³/mol. The Morgan fingerprint density at radius 2 is 1.86 bits per heavy atom. The summed E-state index contributed by atoms with van der Waals surface area (Å²) < 4.78 is 47.2. The first-order valence-electron chi connectivity index (χ1n) is 8.55. The molecule has 0 radical (unpaired) electrons. The van der Waals surface area contributed by atoms with Gasteiger partial charge in [-0.2, -0.15) is 13.2 Å². The van der Waals surface area contributed by atoms with E-state index in [4.69, 9.17) is 9.47 Å². The smallest absolute Gasteiger partial charge is 0.405 e. The Hall–Kier alpha value is -3.49. The molecule has 29 heavy (non-hydrogen) atoms. The van der Waals surface area contributed by atoms with Gasteiger partial charge in [-0.15, -0.1) is 0 Å². The second kappa shape index (κ2) is 8.26. The fourth-order valence-electron chi connectivity index (χ4n) is 2.54. The average molecular weight is 406 g/mol. The lowest BCUT2D eigenvalue weighted by atomic mass is 10.1. The van der Waals surface area contributed by atoms with Crippen LogP contribution in [0.1, 0.15) is 21.5 Å². The van der Waals surface area contributed by atoms with E-state index in [1.165, 1.54) is 18.2 Å². The lowest BCUT2D eigenvalue weighted by Crippen LogP contribution is -2.33. The molecule has 0 aliphatic carbocycles. The first kappa shape index (κ1) is 20.2. The number of benzene rings is 2. The monoisotopic (exact) mass is 406 g/mol. The number of fused-ring (bicyclic) bond motifs is 1. The maximum absolute atomic E-state index is 12.3. The Kier molecular flexibility index (Phi) is 5.76. The van der Waals surface area contributed by atoms with Crippen LogP contribution in [0.3, 0.4) is 0 Å². The number of hydrogen-bond acceptors (Lipinski definition) is 4. The number of hydrogen-bond donors (Lipinski definition) is 2. The molecule has 152 valence electrons. The van der Waals surface area contributed by atoms with Crippen molar-refractivity contribution in [3.8, 4) is 11.5 Å². The summed E-state index contributed by atoms with van der Waals surface area (Å²) in [5, 5.41) is 4.41. The number of carbonyl (C=O) groups excluding carboxylic acids is 2. The van der Waals surface area contributed by atoms with Gasteiger partial charge in [-0.3, -0.25) is 9.59 Å². The van der Waals surface area contributed by atoms with E-state index < -0.39 is 24.5 Å². The Morgan fingerprint density at radius 3 is 2.62 bits per heavy atom. The Balaban J connectivity index is 1.66. The maximum Gasteiger partial charge on any atom is 0.405 e. The van der Waals surface area contributed by atoms with E-state index in [0.717, 1.165) is 5.56 Å². The van der Waals surface area contributed by atoms with E-state index >= 15 is 0 Å². The van der Waals surface area contributed by atoms with Gasteiger partial charge in [0.05, 0.1) is 0 Å². The zero-order valence-corrected chi connectivity index (χ0v) is 15.3. The van der Waals surface area contributed by atoms with E-state index in [1.807, 2.05) is 0 Å². The molecule has 0 fully saturated rings. The average Bonchev–Trinajstić information content (AvgIpc) is 3.13. The van der Waals surface area contributed by atoms with Crippen molar-refractivity contribution in [2.24, 2.45) is 0 Å². The number of ether oxygens (including phenoxy) is 2. The number of carbonyl (C=O) groups is 2. The van der Waals surface area contributed by atoms with Crippen LogP contribution in [0.2, 0.25) is 0 Å². The summed E-state index contributed by atoms with van der Waals surface area (Å²) in [5.41, 5.74) is 1.71. The van der Waals surface area contributed by atoms with E-state index in [1.54, 1.807) is 42.6 Å². The molecule has 0 unspecified atom stereocenters. The van der Waals surface area contributed by atoms with Crippen molar-refractivity contribution >= 4 is 23.6 Å². The fourth-order valence-corrected chi connectivity index (χ4v) is 2.54. The molecule has 0 atom stereocenters. The number of rotatable bonds is 5. The SMILES string of the molecule is Cc1ccc(C(=O)NCC(F)(F)F)cc1NC(=O)/C=C/c1ccc2c(c1)OCO2. The first-order chi connectivity index (χ1) is 13.7. The van der Waals surface area contributed by atoms with Crippen molar-refractivity contribution in [2.45, 2.75) is 13.1 Å². The molecule has 1 aliphatic heterocycles. The van der Waals surface area contributed by atoms with Crippen molar-refractivity contribution < 1.29 is 32.2 Å². The second-order valence-corrected chi connectivity index (χ2v) is 6.26. The maximum atomic E-state index is 12.3. The van der Waals surface area contributed by atoms with Crippen molar-refractivity contribution in [2.75, 3.05) is 18.7 Å².